The van der Waals surface area contributed by atoms with Crippen molar-refractivity contribution in [1.82, 2.24) is 0 Å². The summed E-state index contributed by atoms with van der Waals surface area (Å²) in [6, 6.07) is 13.0. The Kier molecular flexibility index (Phi) is 3.01. The molecule has 4 nitrogen and oxygen atoms in total. The van der Waals surface area contributed by atoms with Gasteiger partial charge >= 0.3 is 0 Å². The van der Waals surface area contributed by atoms with Crippen LogP contribution in [0.5, 0.6) is 11.5 Å². The topological polar surface area (TPSA) is 73.8 Å². The summed E-state index contributed by atoms with van der Waals surface area (Å²) in [6.45, 7) is 0.801. The van der Waals surface area contributed by atoms with Gasteiger partial charge in [0.25, 0.3) is 0 Å². The molecule has 0 aliphatic carbocycles. The van der Waals surface area contributed by atoms with Gasteiger partial charge < -0.3 is 20.9 Å². The second-order valence-corrected chi connectivity index (χ2v) is 4.65. The van der Waals surface area contributed by atoms with Crippen molar-refractivity contribution in [2.45, 2.75) is 12.5 Å². The van der Waals surface area contributed by atoms with Crippen molar-refractivity contribution >= 4 is 11.4 Å². The zero-order valence-electron chi connectivity index (χ0n) is 10.5. The Morgan fingerprint density at radius 3 is 2.53 bits per heavy atom. The predicted octanol–water partition coefficient (Wildman–Crippen LogP) is 2.58. The fraction of sp³-hybridized carbons (Fsp3) is 0.200. The van der Waals surface area contributed by atoms with E-state index in [1.807, 2.05) is 42.5 Å². The van der Waals surface area contributed by atoms with Crippen molar-refractivity contribution in [3.63, 3.8) is 0 Å². The first-order chi connectivity index (χ1) is 9.22. The van der Waals surface area contributed by atoms with E-state index >= 15 is 0 Å². The third-order valence-electron chi connectivity index (χ3n) is 3.11. The zero-order valence-corrected chi connectivity index (χ0v) is 10.5. The van der Waals surface area contributed by atoms with E-state index in [1.54, 1.807) is 0 Å². The molecular formula is C15H16N2O2. The molecule has 3 rings (SSSR count). The maximum atomic E-state index is 6.02. The van der Waals surface area contributed by atoms with Crippen LogP contribution < -0.4 is 16.2 Å². The van der Waals surface area contributed by atoms with Gasteiger partial charge in [0, 0.05) is 23.4 Å². The molecule has 0 radical (unpaired) electrons. The van der Waals surface area contributed by atoms with Gasteiger partial charge in [0.1, 0.15) is 11.5 Å². The molecule has 2 aromatic carbocycles. The lowest BCUT2D eigenvalue weighted by Gasteiger charge is -2.12. The Labute approximate surface area is 111 Å². The van der Waals surface area contributed by atoms with Crippen molar-refractivity contribution in [2.75, 3.05) is 18.1 Å². The molecule has 0 spiro atoms. The maximum absolute atomic E-state index is 6.02. The SMILES string of the molecule is Nc1ccc(Oc2cccc(N)c2CC2CO2)cc1. The second kappa shape index (κ2) is 4.82. The van der Waals surface area contributed by atoms with Gasteiger partial charge in [-0.05, 0) is 36.4 Å². The molecule has 2 aromatic rings. The van der Waals surface area contributed by atoms with Gasteiger partial charge in [0.05, 0.1) is 12.7 Å². The lowest BCUT2D eigenvalue weighted by Crippen LogP contribution is -2.02. The largest absolute Gasteiger partial charge is 0.457 e. The van der Waals surface area contributed by atoms with E-state index in [2.05, 4.69) is 0 Å². The minimum atomic E-state index is 0.276. The molecule has 1 aliphatic rings. The first-order valence-electron chi connectivity index (χ1n) is 6.25. The molecule has 0 bridgehead atoms. The van der Waals surface area contributed by atoms with Crippen LogP contribution in [0.25, 0.3) is 0 Å². The highest BCUT2D eigenvalue weighted by atomic mass is 16.6. The molecule has 1 unspecified atom stereocenters. The summed E-state index contributed by atoms with van der Waals surface area (Å²) in [7, 11) is 0. The van der Waals surface area contributed by atoms with Crippen molar-refractivity contribution in [2.24, 2.45) is 0 Å². The summed E-state index contributed by atoms with van der Waals surface area (Å²) >= 11 is 0. The summed E-state index contributed by atoms with van der Waals surface area (Å²) in [5, 5.41) is 0. The van der Waals surface area contributed by atoms with Crippen LogP contribution in [0.4, 0.5) is 11.4 Å². The minimum absolute atomic E-state index is 0.276. The van der Waals surface area contributed by atoms with E-state index in [0.29, 0.717) is 5.69 Å². The van der Waals surface area contributed by atoms with E-state index in [-0.39, 0.29) is 6.10 Å². The van der Waals surface area contributed by atoms with Crippen LogP contribution in [0, 0.1) is 0 Å². The molecule has 1 aliphatic heterocycles. The highest BCUT2D eigenvalue weighted by Gasteiger charge is 2.25. The van der Waals surface area contributed by atoms with Crippen LogP contribution >= 0.6 is 0 Å². The first kappa shape index (κ1) is 11.9. The molecule has 4 heteroatoms. The van der Waals surface area contributed by atoms with Gasteiger partial charge in [-0.25, -0.2) is 0 Å². The van der Waals surface area contributed by atoms with E-state index in [9.17, 15) is 0 Å². The maximum Gasteiger partial charge on any atom is 0.132 e. The van der Waals surface area contributed by atoms with E-state index in [1.165, 1.54) is 0 Å². The van der Waals surface area contributed by atoms with Gasteiger partial charge in [-0.15, -0.1) is 0 Å². The molecular weight excluding hydrogens is 240 g/mol. The molecule has 1 atom stereocenters. The van der Waals surface area contributed by atoms with Crippen molar-refractivity contribution in [1.29, 1.82) is 0 Å². The quantitative estimate of drug-likeness (QED) is 0.651. The Morgan fingerprint density at radius 1 is 1.11 bits per heavy atom. The lowest BCUT2D eigenvalue weighted by molar-refractivity contribution is 0.403. The Hall–Kier alpha value is -2.20. The smallest absolute Gasteiger partial charge is 0.132 e. The van der Waals surface area contributed by atoms with Gasteiger partial charge in [0.2, 0.25) is 0 Å². The monoisotopic (exact) mass is 256 g/mol. The van der Waals surface area contributed by atoms with Crippen LogP contribution in [0.2, 0.25) is 0 Å². The number of rotatable bonds is 4. The normalized spacial score (nSPS) is 17.2. The van der Waals surface area contributed by atoms with Crippen LogP contribution in [0.15, 0.2) is 42.5 Å². The lowest BCUT2D eigenvalue weighted by atomic mass is 10.1. The Balaban J connectivity index is 1.86. The average Bonchev–Trinajstić information content (AvgIpc) is 3.20. The van der Waals surface area contributed by atoms with Crippen molar-refractivity contribution in [3.05, 3.63) is 48.0 Å². The molecule has 0 amide bonds. The molecule has 1 saturated heterocycles. The third kappa shape index (κ3) is 2.80. The predicted molar refractivity (Wildman–Crippen MR) is 75.2 cm³/mol. The van der Waals surface area contributed by atoms with Gasteiger partial charge in [-0.2, -0.15) is 0 Å². The molecule has 0 saturated carbocycles. The molecule has 19 heavy (non-hydrogen) atoms. The molecule has 1 fully saturated rings. The van der Waals surface area contributed by atoms with Crippen LogP contribution in [0.1, 0.15) is 5.56 Å². The number of benzene rings is 2. The third-order valence-corrected chi connectivity index (χ3v) is 3.11. The standard InChI is InChI=1S/C15H16N2O2/c16-10-4-6-11(7-5-10)19-15-3-1-2-14(17)13(15)8-12-9-18-12/h1-7,12H,8-9,16-17H2. The summed E-state index contributed by atoms with van der Waals surface area (Å²) < 4.78 is 11.1. The van der Waals surface area contributed by atoms with Crippen molar-refractivity contribution < 1.29 is 9.47 Å². The van der Waals surface area contributed by atoms with Gasteiger partial charge in [0.15, 0.2) is 0 Å². The number of nitrogens with two attached hydrogens (primary N) is 2. The van der Waals surface area contributed by atoms with Crippen LogP contribution in [0.3, 0.4) is 0 Å². The number of hydrogen-bond acceptors (Lipinski definition) is 4. The molecule has 0 aromatic heterocycles. The van der Waals surface area contributed by atoms with E-state index in [4.69, 9.17) is 20.9 Å². The number of nitrogen functional groups attached to an aromatic ring is 2. The highest BCUT2D eigenvalue weighted by Crippen LogP contribution is 2.32. The first-order valence-corrected chi connectivity index (χ1v) is 6.25. The number of ether oxygens (including phenoxy) is 2. The Morgan fingerprint density at radius 2 is 1.84 bits per heavy atom. The fourth-order valence-corrected chi connectivity index (χ4v) is 1.97. The summed E-state index contributed by atoms with van der Waals surface area (Å²) in [4.78, 5) is 0. The highest BCUT2D eigenvalue weighted by molar-refractivity contribution is 5.56. The fourth-order valence-electron chi connectivity index (χ4n) is 1.97. The van der Waals surface area contributed by atoms with Gasteiger partial charge in [-0.3, -0.25) is 0 Å². The Bertz CT molecular complexity index is 577. The number of hydrogen-bond donors (Lipinski definition) is 2. The van der Waals surface area contributed by atoms with Gasteiger partial charge in [-0.1, -0.05) is 6.07 Å². The summed E-state index contributed by atoms with van der Waals surface area (Å²) in [6.07, 6.45) is 1.07. The molecule has 1 heterocycles. The molecule has 98 valence electrons. The number of anilines is 2. The summed E-state index contributed by atoms with van der Waals surface area (Å²) in [5.74, 6) is 1.53. The number of epoxide rings is 1. The molecule has 4 N–H and O–H groups in total. The van der Waals surface area contributed by atoms with Crippen LogP contribution in [-0.4, -0.2) is 12.7 Å². The second-order valence-electron chi connectivity index (χ2n) is 4.65. The van der Waals surface area contributed by atoms with Crippen LogP contribution in [-0.2, 0) is 11.2 Å². The zero-order chi connectivity index (χ0) is 13.2. The average molecular weight is 256 g/mol. The summed E-state index contributed by atoms with van der Waals surface area (Å²) in [5.41, 5.74) is 14.1. The van der Waals surface area contributed by atoms with Crippen molar-refractivity contribution in [3.8, 4) is 11.5 Å². The van der Waals surface area contributed by atoms with E-state index in [0.717, 1.165) is 35.8 Å². The van der Waals surface area contributed by atoms with E-state index < -0.39 is 0 Å². The minimum Gasteiger partial charge on any atom is -0.457 e.